The SMILES string of the molecule is C[C@@H]1C[C@@H](O)/C=C\[C@@H](O)/C=C\C(=O)O1. The molecule has 0 aliphatic carbocycles. The van der Waals surface area contributed by atoms with E-state index in [0.717, 1.165) is 0 Å². The van der Waals surface area contributed by atoms with Crippen LogP contribution < -0.4 is 0 Å². The molecule has 4 heteroatoms. The molecular weight excluding hydrogens is 184 g/mol. The van der Waals surface area contributed by atoms with E-state index in [9.17, 15) is 15.0 Å². The molecule has 0 bridgehead atoms. The molecule has 1 heterocycles. The van der Waals surface area contributed by atoms with Gasteiger partial charge in [0.2, 0.25) is 0 Å². The van der Waals surface area contributed by atoms with Crippen molar-refractivity contribution in [3.8, 4) is 0 Å². The zero-order valence-corrected chi connectivity index (χ0v) is 7.96. The van der Waals surface area contributed by atoms with Crippen molar-refractivity contribution >= 4 is 5.97 Å². The van der Waals surface area contributed by atoms with Gasteiger partial charge in [-0.25, -0.2) is 4.79 Å². The number of hydrogen-bond acceptors (Lipinski definition) is 4. The predicted octanol–water partition coefficient (Wildman–Crippen LogP) is 0.156. The second-order valence-electron chi connectivity index (χ2n) is 3.29. The van der Waals surface area contributed by atoms with Gasteiger partial charge >= 0.3 is 5.97 Å². The van der Waals surface area contributed by atoms with Crippen molar-refractivity contribution in [3.63, 3.8) is 0 Å². The van der Waals surface area contributed by atoms with Crippen LogP contribution in [0.1, 0.15) is 13.3 Å². The second kappa shape index (κ2) is 4.93. The average molecular weight is 198 g/mol. The smallest absolute Gasteiger partial charge is 0.330 e. The first kappa shape index (κ1) is 10.9. The zero-order chi connectivity index (χ0) is 10.6. The Kier molecular flexibility index (Phi) is 3.85. The van der Waals surface area contributed by atoms with Gasteiger partial charge in [-0.2, -0.15) is 0 Å². The van der Waals surface area contributed by atoms with Crippen LogP contribution >= 0.6 is 0 Å². The lowest BCUT2D eigenvalue weighted by molar-refractivity contribution is -0.143. The monoisotopic (exact) mass is 198 g/mol. The van der Waals surface area contributed by atoms with Gasteiger partial charge in [-0.05, 0) is 13.0 Å². The predicted molar refractivity (Wildman–Crippen MR) is 50.5 cm³/mol. The van der Waals surface area contributed by atoms with Crippen LogP contribution in [0.3, 0.4) is 0 Å². The molecule has 0 radical (unpaired) electrons. The first-order valence-electron chi connectivity index (χ1n) is 4.51. The van der Waals surface area contributed by atoms with E-state index >= 15 is 0 Å². The maximum Gasteiger partial charge on any atom is 0.330 e. The molecule has 78 valence electrons. The van der Waals surface area contributed by atoms with Gasteiger partial charge in [0.25, 0.3) is 0 Å². The number of cyclic esters (lactones) is 1. The largest absolute Gasteiger partial charge is 0.459 e. The fraction of sp³-hybridized carbons (Fsp3) is 0.500. The Hall–Kier alpha value is -1.13. The summed E-state index contributed by atoms with van der Waals surface area (Å²) in [6.07, 6.45) is 3.87. The molecule has 0 aromatic heterocycles. The topological polar surface area (TPSA) is 66.8 Å². The lowest BCUT2D eigenvalue weighted by Crippen LogP contribution is -2.20. The number of carbonyl (C=O) groups excluding carboxylic acids is 1. The quantitative estimate of drug-likeness (QED) is 0.429. The van der Waals surface area contributed by atoms with Gasteiger partial charge in [-0.3, -0.25) is 0 Å². The number of rotatable bonds is 0. The molecule has 0 aromatic rings. The van der Waals surface area contributed by atoms with Gasteiger partial charge < -0.3 is 14.9 Å². The summed E-state index contributed by atoms with van der Waals surface area (Å²) in [5.41, 5.74) is 0. The Morgan fingerprint density at radius 3 is 2.79 bits per heavy atom. The van der Waals surface area contributed by atoms with Crippen molar-refractivity contribution in [1.29, 1.82) is 0 Å². The van der Waals surface area contributed by atoms with E-state index in [2.05, 4.69) is 0 Å². The molecule has 2 N–H and O–H groups in total. The van der Waals surface area contributed by atoms with Gasteiger partial charge in [0.05, 0.1) is 12.2 Å². The van der Waals surface area contributed by atoms with Gasteiger partial charge in [0.15, 0.2) is 0 Å². The molecule has 14 heavy (non-hydrogen) atoms. The van der Waals surface area contributed by atoms with Gasteiger partial charge in [-0.15, -0.1) is 0 Å². The van der Waals surface area contributed by atoms with Crippen LogP contribution in [0.2, 0.25) is 0 Å². The third-order valence-corrected chi connectivity index (χ3v) is 1.85. The van der Waals surface area contributed by atoms with Gasteiger partial charge in [0.1, 0.15) is 6.10 Å². The van der Waals surface area contributed by atoms with Crippen LogP contribution in [0.15, 0.2) is 24.3 Å². The van der Waals surface area contributed by atoms with Crippen molar-refractivity contribution in [3.05, 3.63) is 24.3 Å². The minimum atomic E-state index is -0.856. The van der Waals surface area contributed by atoms with Crippen LogP contribution in [-0.2, 0) is 9.53 Å². The number of carbonyl (C=O) groups is 1. The first-order valence-corrected chi connectivity index (χ1v) is 4.51. The maximum absolute atomic E-state index is 11.0. The Morgan fingerprint density at radius 2 is 2.07 bits per heavy atom. The summed E-state index contributed by atoms with van der Waals surface area (Å²) in [5, 5.41) is 18.6. The molecule has 0 saturated carbocycles. The fourth-order valence-electron chi connectivity index (χ4n) is 1.19. The molecule has 1 rings (SSSR count). The number of aliphatic hydroxyl groups excluding tert-OH is 2. The average Bonchev–Trinajstić information content (AvgIpc) is 2.10. The highest BCUT2D eigenvalue weighted by molar-refractivity contribution is 5.82. The third kappa shape index (κ3) is 3.72. The summed E-state index contributed by atoms with van der Waals surface area (Å²) in [7, 11) is 0. The summed E-state index contributed by atoms with van der Waals surface area (Å²) in [6, 6.07) is 0. The summed E-state index contributed by atoms with van der Waals surface area (Å²) in [4.78, 5) is 11.0. The Balaban J connectivity index is 2.72. The van der Waals surface area contributed by atoms with E-state index in [4.69, 9.17) is 4.74 Å². The van der Waals surface area contributed by atoms with E-state index < -0.39 is 18.2 Å². The van der Waals surface area contributed by atoms with Crippen LogP contribution in [0, 0.1) is 0 Å². The van der Waals surface area contributed by atoms with Crippen molar-refractivity contribution in [2.24, 2.45) is 0 Å². The Labute approximate surface area is 82.5 Å². The Bertz CT molecular complexity index is 257. The molecule has 0 amide bonds. The van der Waals surface area contributed by atoms with Gasteiger partial charge in [0, 0.05) is 12.5 Å². The van der Waals surface area contributed by atoms with Crippen molar-refractivity contribution in [2.45, 2.75) is 31.7 Å². The van der Waals surface area contributed by atoms with Gasteiger partial charge in [-0.1, -0.05) is 12.2 Å². The summed E-state index contributed by atoms with van der Waals surface area (Å²) >= 11 is 0. The Morgan fingerprint density at radius 1 is 1.36 bits per heavy atom. The van der Waals surface area contributed by atoms with E-state index in [1.807, 2.05) is 0 Å². The minimum Gasteiger partial charge on any atom is -0.459 e. The molecule has 4 nitrogen and oxygen atoms in total. The molecule has 0 unspecified atom stereocenters. The molecule has 3 atom stereocenters. The number of hydrogen-bond donors (Lipinski definition) is 2. The fourth-order valence-corrected chi connectivity index (χ4v) is 1.19. The van der Waals surface area contributed by atoms with Crippen LogP contribution in [-0.4, -0.2) is 34.5 Å². The summed E-state index contributed by atoms with van der Waals surface area (Å²) < 4.78 is 4.91. The lowest BCUT2D eigenvalue weighted by atomic mass is 10.1. The van der Waals surface area contributed by atoms with Crippen LogP contribution in [0.4, 0.5) is 0 Å². The molecule has 0 spiro atoms. The zero-order valence-electron chi connectivity index (χ0n) is 7.96. The van der Waals surface area contributed by atoms with Crippen LogP contribution in [0.25, 0.3) is 0 Å². The summed E-state index contributed by atoms with van der Waals surface area (Å²) in [5.74, 6) is -0.501. The minimum absolute atomic E-state index is 0.331. The highest BCUT2D eigenvalue weighted by Crippen LogP contribution is 2.07. The molecule has 1 aliphatic rings. The molecule has 0 aromatic carbocycles. The summed E-state index contributed by atoms with van der Waals surface area (Å²) in [6.45, 7) is 1.71. The number of esters is 1. The second-order valence-corrected chi connectivity index (χ2v) is 3.29. The highest BCUT2D eigenvalue weighted by Gasteiger charge is 2.12. The van der Waals surface area contributed by atoms with Crippen molar-refractivity contribution in [2.75, 3.05) is 0 Å². The molecule has 1 aliphatic heterocycles. The standard InChI is InChI=1S/C10H14O4/c1-7-6-9(12)3-2-8(11)4-5-10(13)14-7/h2-5,7-9,11-12H,6H2,1H3/b3-2-,5-4-/t7-,8-,9+/m1/s1. The molecule has 0 fully saturated rings. The maximum atomic E-state index is 11.0. The third-order valence-electron chi connectivity index (χ3n) is 1.85. The van der Waals surface area contributed by atoms with E-state index in [1.165, 1.54) is 24.3 Å². The first-order chi connectivity index (χ1) is 6.58. The van der Waals surface area contributed by atoms with Crippen molar-refractivity contribution in [1.82, 2.24) is 0 Å². The highest BCUT2D eigenvalue weighted by atomic mass is 16.5. The lowest BCUT2D eigenvalue weighted by Gasteiger charge is -2.15. The van der Waals surface area contributed by atoms with E-state index in [0.29, 0.717) is 6.42 Å². The van der Waals surface area contributed by atoms with E-state index in [1.54, 1.807) is 6.92 Å². The molecule has 0 saturated heterocycles. The molecular formula is C10H14O4. The number of ether oxygens (including phenoxy) is 1. The number of aliphatic hydroxyl groups is 2. The normalized spacial score (nSPS) is 38.5. The van der Waals surface area contributed by atoms with Crippen LogP contribution in [0.5, 0.6) is 0 Å². The van der Waals surface area contributed by atoms with E-state index in [-0.39, 0.29) is 6.10 Å². The van der Waals surface area contributed by atoms with Crippen molar-refractivity contribution < 1.29 is 19.7 Å².